The average Bonchev–Trinajstić information content (AvgIpc) is 2.55. The van der Waals surface area contributed by atoms with E-state index in [2.05, 4.69) is 0 Å². The Kier molecular flexibility index (Phi) is 4.41. The number of morpholine rings is 1. The fraction of sp³-hybridized carbons (Fsp3) is 0.235. The van der Waals surface area contributed by atoms with Gasteiger partial charge in [-0.25, -0.2) is 4.39 Å². The first-order chi connectivity index (χ1) is 10.6. The Balaban J connectivity index is 1.78. The van der Waals surface area contributed by atoms with Crippen molar-refractivity contribution in [3.05, 3.63) is 70.5 Å². The molecule has 0 spiro atoms. The van der Waals surface area contributed by atoms with Crippen LogP contribution in [0.3, 0.4) is 0 Å². The lowest BCUT2D eigenvalue weighted by atomic mass is 10.1. The minimum Gasteiger partial charge on any atom is -0.370 e. The molecular weight excluding hydrogens is 305 g/mol. The van der Waals surface area contributed by atoms with E-state index in [-0.39, 0.29) is 17.0 Å². The number of benzene rings is 2. The van der Waals surface area contributed by atoms with Gasteiger partial charge in [-0.05, 0) is 23.8 Å². The van der Waals surface area contributed by atoms with E-state index >= 15 is 0 Å². The number of carbonyl (C=O) groups excluding carboxylic acids is 1. The van der Waals surface area contributed by atoms with Crippen molar-refractivity contribution in [1.29, 1.82) is 0 Å². The summed E-state index contributed by atoms with van der Waals surface area (Å²) < 4.78 is 18.8. The molecule has 1 unspecified atom stereocenters. The zero-order chi connectivity index (χ0) is 15.5. The molecule has 1 saturated heterocycles. The van der Waals surface area contributed by atoms with Crippen LogP contribution in [0.5, 0.6) is 0 Å². The lowest BCUT2D eigenvalue weighted by Gasteiger charge is -2.33. The van der Waals surface area contributed by atoms with E-state index in [0.29, 0.717) is 25.3 Å². The Morgan fingerprint density at radius 1 is 1.23 bits per heavy atom. The highest BCUT2D eigenvalue weighted by atomic mass is 35.5. The summed E-state index contributed by atoms with van der Waals surface area (Å²) in [4.78, 5) is 14.3. The number of nitrogens with zero attached hydrogens (tertiary/aromatic N) is 1. The number of rotatable bonds is 2. The summed E-state index contributed by atoms with van der Waals surface area (Å²) in [5.41, 5.74) is 1.35. The van der Waals surface area contributed by atoms with E-state index in [4.69, 9.17) is 16.3 Å². The molecule has 3 rings (SSSR count). The molecule has 1 aliphatic heterocycles. The third-order valence-electron chi connectivity index (χ3n) is 3.69. The predicted molar refractivity (Wildman–Crippen MR) is 82.4 cm³/mol. The van der Waals surface area contributed by atoms with E-state index in [1.54, 1.807) is 4.90 Å². The average molecular weight is 320 g/mol. The van der Waals surface area contributed by atoms with Gasteiger partial charge in [0, 0.05) is 6.54 Å². The van der Waals surface area contributed by atoms with Gasteiger partial charge in [0.2, 0.25) is 0 Å². The molecule has 5 heteroatoms. The normalized spacial score (nSPS) is 18.3. The molecule has 0 radical (unpaired) electrons. The van der Waals surface area contributed by atoms with Crippen LogP contribution >= 0.6 is 11.6 Å². The van der Waals surface area contributed by atoms with Crippen molar-refractivity contribution in [2.24, 2.45) is 0 Å². The van der Waals surface area contributed by atoms with Gasteiger partial charge in [0.15, 0.2) is 0 Å². The Hall–Kier alpha value is -1.91. The van der Waals surface area contributed by atoms with Crippen LogP contribution in [0, 0.1) is 5.82 Å². The summed E-state index contributed by atoms with van der Waals surface area (Å²) in [5.74, 6) is -0.653. The molecule has 3 nitrogen and oxygen atoms in total. The standard InChI is InChI=1S/C17H15ClFNO2/c18-15-10-13(19)6-7-14(15)17(21)20-8-9-22-16(11-20)12-4-2-1-3-5-12/h1-7,10,16H,8-9,11H2. The summed E-state index contributed by atoms with van der Waals surface area (Å²) in [6.45, 7) is 1.41. The quantitative estimate of drug-likeness (QED) is 0.845. The van der Waals surface area contributed by atoms with Crippen molar-refractivity contribution in [2.45, 2.75) is 6.10 Å². The van der Waals surface area contributed by atoms with Crippen LogP contribution in [0.1, 0.15) is 22.0 Å². The van der Waals surface area contributed by atoms with Crippen molar-refractivity contribution in [3.8, 4) is 0 Å². The summed E-state index contributed by atoms with van der Waals surface area (Å²) >= 11 is 5.98. The van der Waals surface area contributed by atoms with Crippen LogP contribution in [-0.4, -0.2) is 30.5 Å². The second kappa shape index (κ2) is 6.46. The van der Waals surface area contributed by atoms with Gasteiger partial charge in [0.05, 0.1) is 23.7 Å². The number of amides is 1. The Morgan fingerprint density at radius 3 is 2.73 bits per heavy atom. The molecule has 0 N–H and O–H groups in total. The molecule has 22 heavy (non-hydrogen) atoms. The van der Waals surface area contributed by atoms with Crippen LogP contribution in [-0.2, 0) is 4.74 Å². The van der Waals surface area contributed by atoms with Crippen LogP contribution < -0.4 is 0 Å². The molecular formula is C17H15ClFNO2. The molecule has 0 saturated carbocycles. The minimum absolute atomic E-state index is 0.132. The van der Waals surface area contributed by atoms with Gasteiger partial charge in [0.1, 0.15) is 11.9 Å². The first kappa shape index (κ1) is 15.0. The van der Waals surface area contributed by atoms with Crippen molar-refractivity contribution in [3.63, 3.8) is 0 Å². The largest absolute Gasteiger partial charge is 0.370 e. The monoisotopic (exact) mass is 319 g/mol. The van der Waals surface area contributed by atoms with Crippen molar-refractivity contribution >= 4 is 17.5 Å². The van der Waals surface area contributed by atoms with Gasteiger partial charge in [0.25, 0.3) is 5.91 Å². The van der Waals surface area contributed by atoms with Gasteiger partial charge >= 0.3 is 0 Å². The number of ether oxygens (including phenoxy) is 1. The Bertz CT molecular complexity index is 678. The summed E-state index contributed by atoms with van der Waals surface area (Å²) in [6.07, 6.45) is -0.155. The number of hydrogen-bond donors (Lipinski definition) is 0. The predicted octanol–water partition coefficient (Wildman–Crippen LogP) is 3.69. The lowest BCUT2D eigenvalue weighted by molar-refractivity contribution is -0.0228. The van der Waals surface area contributed by atoms with Crippen LogP contribution in [0.15, 0.2) is 48.5 Å². The molecule has 1 heterocycles. The second-order valence-electron chi connectivity index (χ2n) is 5.15. The van der Waals surface area contributed by atoms with Crippen LogP contribution in [0.25, 0.3) is 0 Å². The van der Waals surface area contributed by atoms with Crippen LogP contribution in [0.4, 0.5) is 4.39 Å². The van der Waals surface area contributed by atoms with Crippen molar-refractivity contribution < 1.29 is 13.9 Å². The van der Waals surface area contributed by atoms with Gasteiger partial charge < -0.3 is 9.64 Å². The van der Waals surface area contributed by atoms with Gasteiger partial charge in [-0.2, -0.15) is 0 Å². The zero-order valence-electron chi connectivity index (χ0n) is 11.8. The van der Waals surface area contributed by atoms with E-state index in [0.717, 1.165) is 11.6 Å². The Morgan fingerprint density at radius 2 is 2.00 bits per heavy atom. The number of carbonyl (C=O) groups is 1. The SMILES string of the molecule is O=C(c1ccc(F)cc1Cl)N1CCOC(c2ccccc2)C1. The van der Waals surface area contributed by atoms with Crippen LogP contribution in [0.2, 0.25) is 5.02 Å². The molecule has 2 aromatic carbocycles. The smallest absolute Gasteiger partial charge is 0.255 e. The van der Waals surface area contributed by atoms with E-state index < -0.39 is 5.82 Å². The summed E-state index contributed by atoms with van der Waals surface area (Å²) in [7, 11) is 0. The zero-order valence-corrected chi connectivity index (χ0v) is 12.6. The highest BCUT2D eigenvalue weighted by molar-refractivity contribution is 6.33. The topological polar surface area (TPSA) is 29.5 Å². The van der Waals surface area contributed by atoms with Gasteiger partial charge in [-0.3, -0.25) is 4.79 Å². The summed E-state index contributed by atoms with van der Waals surface area (Å²) in [6, 6.07) is 13.6. The third-order valence-corrected chi connectivity index (χ3v) is 4.00. The first-order valence-corrected chi connectivity index (χ1v) is 7.44. The number of halogens is 2. The van der Waals surface area contributed by atoms with E-state index in [1.165, 1.54) is 12.1 Å². The van der Waals surface area contributed by atoms with E-state index in [9.17, 15) is 9.18 Å². The van der Waals surface area contributed by atoms with E-state index in [1.807, 2.05) is 30.3 Å². The maximum Gasteiger partial charge on any atom is 0.255 e. The molecule has 0 bridgehead atoms. The lowest BCUT2D eigenvalue weighted by Crippen LogP contribution is -2.42. The first-order valence-electron chi connectivity index (χ1n) is 7.06. The highest BCUT2D eigenvalue weighted by Crippen LogP contribution is 2.25. The molecule has 1 atom stereocenters. The Labute approximate surface area is 133 Å². The summed E-state index contributed by atoms with van der Waals surface area (Å²) in [5, 5.41) is 0.132. The maximum atomic E-state index is 13.1. The molecule has 1 amide bonds. The molecule has 2 aromatic rings. The molecule has 0 aliphatic carbocycles. The number of hydrogen-bond acceptors (Lipinski definition) is 2. The molecule has 114 valence electrons. The fourth-order valence-corrected chi connectivity index (χ4v) is 2.78. The van der Waals surface area contributed by atoms with Crippen molar-refractivity contribution in [1.82, 2.24) is 4.90 Å². The van der Waals surface area contributed by atoms with Gasteiger partial charge in [-0.1, -0.05) is 41.9 Å². The molecule has 1 aliphatic rings. The minimum atomic E-state index is -0.453. The second-order valence-corrected chi connectivity index (χ2v) is 5.55. The van der Waals surface area contributed by atoms with Gasteiger partial charge in [-0.15, -0.1) is 0 Å². The molecule has 0 aromatic heterocycles. The van der Waals surface area contributed by atoms with Crippen molar-refractivity contribution in [2.75, 3.05) is 19.7 Å². The fourth-order valence-electron chi connectivity index (χ4n) is 2.54. The maximum absolute atomic E-state index is 13.1. The molecule has 1 fully saturated rings. The highest BCUT2D eigenvalue weighted by Gasteiger charge is 2.27. The third kappa shape index (κ3) is 3.13.